The highest BCUT2D eigenvalue weighted by atomic mass is 79.9. The monoisotopic (exact) mass is 557 g/mol. The van der Waals surface area contributed by atoms with E-state index < -0.39 is 0 Å². The Kier molecular flexibility index (Phi) is 32.4. The van der Waals surface area contributed by atoms with Crippen LogP contribution in [-0.2, 0) is 0 Å². The van der Waals surface area contributed by atoms with Crippen LogP contribution in [0.2, 0.25) is 0 Å². The predicted molar refractivity (Wildman–Crippen MR) is 158 cm³/mol. The summed E-state index contributed by atoms with van der Waals surface area (Å²) in [5.74, 6) is 0. The molecular formula is C33H68BrN. The molecular weight excluding hydrogens is 490 g/mol. The molecule has 0 aliphatic rings. The van der Waals surface area contributed by atoms with Crippen molar-refractivity contribution in [3.8, 4) is 0 Å². The Morgan fingerprint density at radius 3 is 1.09 bits per heavy atom. The van der Waals surface area contributed by atoms with Gasteiger partial charge >= 0.3 is 0 Å². The lowest BCUT2D eigenvalue weighted by Gasteiger charge is -2.28. The number of hydrogen-bond acceptors (Lipinski definition) is 0. The van der Waals surface area contributed by atoms with E-state index in [-0.39, 0.29) is 17.0 Å². The van der Waals surface area contributed by atoms with Crippen LogP contribution in [0.15, 0.2) is 12.2 Å². The van der Waals surface area contributed by atoms with Gasteiger partial charge in [-0.1, -0.05) is 155 Å². The maximum absolute atomic E-state index is 2.46. The van der Waals surface area contributed by atoms with Gasteiger partial charge in [-0.3, -0.25) is 0 Å². The van der Waals surface area contributed by atoms with E-state index in [0.29, 0.717) is 0 Å². The summed E-state index contributed by atoms with van der Waals surface area (Å²) in [7, 11) is 4.82. The van der Waals surface area contributed by atoms with E-state index in [2.05, 4.69) is 40.1 Å². The summed E-state index contributed by atoms with van der Waals surface area (Å²) in [6, 6.07) is 0. The molecule has 0 heterocycles. The average Bonchev–Trinajstić information content (AvgIpc) is 2.82. The Morgan fingerprint density at radius 2 is 0.714 bits per heavy atom. The van der Waals surface area contributed by atoms with Crippen molar-refractivity contribution in [2.45, 2.75) is 174 Å². The fourth-order valence-corrected chi connectivity index (χ4v) is 5.05. The van der Waals surface area contributed by atoms with Crippen LogP contribution in [0.4, 0.5) is 0 Å². The third kappa shape index (κ3) is 32.2. The second-order valence-corrected chi connectivity index (χ2v) is 11.9. The largest absolute Gasteiger partial charge is 1.00 e. The molecule has 0 atom stereocenters. The van der Waals surface area contributed by atoms with Gasteiger partial charge in [0.25, 0.3) is 0 Å². The van der Waals surface area contributed by atoms with Gasteiger partial charge in [0.05, 0.1) is 27.2 Å². The minimum atomic E-state index is 0. The second-order valence-electron chi connectivity index (χ2n) is 11.9. The van der Waals surface area contributed by atoms with Gasteiger partial charge in [0.1, 0.15) is 0 Å². The quantitative estimate of drug-likeness (QED) is 0.0514. The van der Waals surface area contributed by atoms with E-state index in [1.54, 1.807) is 0 Å². The van der Waals surface area contributed by atoms with Gasteiger partial charge < -0.3 is 21.5 Å². The van der Waals surface area contributed by atoms with Gasteiger partial charge in [-0.25, -0.2) is 0 Å². The first-order valence-electron chi connectivity index (χ1n) is 16.1. The number of allylic oxidation sites excluding steroid dienone is 1. The van der Waals surface area contributed by atoms with Gasteiger partial charge in [-0.15, -0.1) is 0 Å². The molecule has 0 spiro atoms. The lowest BCUT2D eigenvalue weighted by molar-refractivity contribution is -0.884. The van der Waals surface area contributed by atoms with Crippen LogP contribution in [0.5, 0.6) is 0 Å². The first-order chi connectivity index (χ1) is 16.6. The van der Waals surface area contributed by atoms with Crippen LogP contribution in [0, 0.1) is 0 Å². The molecule has 0 aromatic rings. The van der Waals surface area contributed by atoms with Gasteiger partial charge in [-0.2, -0.15) is 0 Å². The SMILES string of the molecule is CCCCCCCCCCCCC=CC[N+](C)(C)CCCCCCCCCCCCCCCC.[Br-]. The Bertz CT molecular complexity index is 404. The van der Waals surface area contributed by atoms with Gasteiger partial charge in [-0.05, 0) is 31.8 Å². The normalized spacial score (nSPS) is 11.9. The molecule has 0 saturated heterocycles. The van der Waals surface area contributed by atoms with E-state index in [0.717, 1.165) is 4.48 Å². The molecule has 1 nitrogen and oxygen atoms in total. The van der Waals surface area contributed by atoms with Crippen LogP contribution in [0.1, 0.15) is 174 Å². The minimum absolute atomic E-state index is 0. The number of hydrogen-bond donors (Lipinski definition) is 0. The first kappa shape index (κ1) is 37.3. The van der Waals surface area contributed by atoms with E-state index in [1.165, 1.54) is 174 Å². The molecule has 0 fully saturated rings. The van der Waals surface area contributed by atoms with Crippen molar-refractivity contribution in [3.05, 3.63) is 12.2 Å². The van der Waals surface area contributed by atoms with Crippen molar-refractivity contribution in [1.82, 2.24) is 0 Å². The molecule has 0 rings (SSSR count). The maximum Gasteiger partial charge on any atom is 0.0969 e. The summed E-state index contributed by atoms with van der Waals surface area (Å²) in [6.07, 6.45) is 40.9. The zero-order valence-corrected chi connectivity index (χ0v) is 26.7. The molecule has 0 saturated carbocycles. The highest BCUT2D eigenvalue weighted by Gasteiger charge is 2.11. The minimum Gasteiger partial charge on any atom is -1.00 e. The lowest BCUT2D eigenvalue weighted by atomic mass is 10.0. The number of halogens is 1. The Balaban J connectivity index is 0. The standard InChI is InChI=1S/C33H68N.BrH/c1-5-7-9-11-13-15-17-19-21-23-25-27-29-31-33-34(3,4)32-30-28-26-24-22-20-18-16-14-12-10-8-6-2;/h28,30H,5-27,29,31-33H2,1-4H3;1H/q+1;/p-1. The third-order valence-corrected chi connectivity index (χ3v) is 7.61. The molecule has 0 amide bonds. The molecule has 0 aromatic heterocycles. The highest BCUT2D eigenvalue weighted by molar-refractivity contribution is 4.81. The maximum atomic E-state index is 2.46. The van der Waals surface area contributed by atoms with Crippen LogP contribution in [-0.4, -0.2) is 31.7 Å². The fraction of sp³-hybridized carbons (Fsp3) is 0.939. The van der Waals surface area contributed by atoms with E-state index in [1.807, 2.05) is 0 Å². The molecule has 0 radical (unpaired) electrons. The van der Waals surface area contributed by atoms with E-state index >= 15 is 0 Å². The van der Waals surface area contributed by atoms with Crippen LogP contribution >= 0.6 is 0 Å². The van der Waals surface area contributed by atoms with Gasteiger partial charge in [0.15, 0.2) is 0 Å². The van der Waals surface area contributed by atoms with Crippen molar-refractivity contribution in [3.63, 3.8) is 0 Å². The zero-order valence-electron chi connectivity index (χ0n) is 25.1. The van der Waals surface area contributed by atoms with E-state index in [4.69, 9.17) is 0 Å². The fourth-order valence-electron chi connectivity index (χ4n) is 5.05. The van der Waals surface area contributed by atoms with Crippen LogP contribution < -0.4 is 17.0 Å². The molecule has 0 N–H and O–H groups in total. The van der Waals surface area contributed by atoms with Crippen molar-refractivity contribution in [2.24, 2.45) is 0 Å². The Hall–Kier alpha value is 0.180. The number of likely N-dealkylation sites (N-methyl/N-ethyl adjacent to an activating group) is 1. The van der Waals surface area contributed by atoms with Crippen molar-refractivity contribution >= 4 is 0 Å². The molecule has 0 unspecified atom stereocenters. The smallest absolute Gasteiger partial charge is 0.0969 e. The summed E-state index contributed by atoms with van der Waals surface area (Å²) < 4.78 is 1.16. The summed E-state index contributed by atoms with van der Waals surface area (Å²) in [5.41, 5.74) is 0. The molecule has 212 valence electrons. The molecule has 35 heavy (non-hydrogen) atoms. The van der Waals surface area contributed by atoms with Crippen LogP contribution in [0.3, 0.4) is 0 Å². The van der Waals surface area contributed by atoms with Crippen LogP contribution in [0.25, 0.3) is 0 Å². The summed E-state index contributed by atoms with van der Waals surface area (Å²) in [6.45, 7) is 7.14. The highest BCUT2D eigenvalue weighted by Crippen LogP contribution is 2.14. The van der Waals surface area contributed by atoms with Crippen molar-refractivity contribution in [2.75, 3.05) is 27.2 Å². The molecule has 0 aromatic carbocycles. The average molecular weight is 559 g/mol. The van der Waals surface area contributed by atoms with E-state index in [9.17, 15) is 0 Å². The predicted octanol–water partition coefficient (Wildman–Crippen LogP) is 8.42. The number of unbranched alkanes of at least 4 members (excludes halogenated alkanes) is 23. The molecule has 2 heteroatoms. The number of rotatable bonds is 28. The zero-order chi connectivity index (χ0) is 25.0. The third-order valence-electron chi connectivity index (χ3n) is 7.61. The molecule has 0 aliphatic carbocycles. The number of quaternary nitrogens is 1. The second kappa shape index (κ2) is 30.4. The van der Waals surface area contributed by atoms with Gasteiger partial charge in [0, 0.05) is 0 Å². The molecule has 0 bridgehead atoms. The first-order valence-corrected chi connectivity index (χ1v) is 16.1. The molecule has 0 aliphatic heterocycles. The Morgan fingerprint density at radius 1 is 0.400 bits per heavy atom. The van der Waals surface area contributed by atoms with Crippen molar-refractivity contribution < 1.29 is 21.5 Å². The summed E-state index contributed by atoms with van der Waals surface area (Å²) in [4.78, 5) is 0. The summed E-state index contributed by atoms with van der Waals surface area (Å²) in [5, 5.41) is 0. The lowest BCUT2D eigenvalue weighted by Crippen LogP contribution is -3.00. The number of nitrogens with zero attached hydrogens (tertiary/aromatic N) is 1. The Labute approximate surface area is 234 Å². The van der Waals surface area contributed by atoms with Crippen molar-refractivity contribution in [1.29, 1.82) is 0 Å². The van der Waals surface area contributed by atoms with Gasteiger partial charge in [0.2, 0.25) is 0 Å². The topological polar surface area (TPSA) is 0 Å². The summed E-state index contributed by atoms with van der Waals surface area (Å²) >= 11 is 0.